The predicted octanol–water partition coefficient (Wildman–Crippen LogP) is 4.81. The summed E-state index contributed by atoms with van der Waals surface area (Å²) < 4.78 is 0. The van der Waals surface area contributed by atoms with Crippen LogP contribution in [0.5, 0.6) is 0 Å². The Balaban J connectivity index is 1.87. The van der Waals surface area contributed by atoms with Crippen LogP contribution < -0.4 is 10.6 Å². The maximum atomic E-state index is 11.7. The van der Waals surface area contributed by atoms with Gasteiger partial charge in [0.05, 0.1) is 0 Å². The van der Waals surface area contributed by atoms with Gasteiger partial charge in [0.1, 0.15) is 0 Å². The van der Waals surface area contributed by atoms with Crippen LogP contribution >= 0.6 is 0 Å². The fourth-order valence-corrected chi connectivity index (χ4v) is 2.77. The summed E-state index contributed by atoms with van der Waals surface area (Å²) >= 11 is 0. The Morgan fingerprint density at radius 1 is 0.952 bits per heavy atom. The van der Waals surface area contributed by atoms with Crippen LogP contribution in [-0.4, -0.2) is 11.9 Å². The molecule has 1 aliphatic carbocycles. The fraction of sp³-hybridized carbons (Fsp3) is 0.611. The highest BCUT2D eigenvalue weighted by molar-refractivity contribution is 5.92. The van der Waals surface area contributed by atoms with Gasteiger partial charge in [0, 0.05) is 23.3 Å². The summed E-state index contributed by atoms with van der Waals surface area (Å²) in [6.07, 6.45) is 9.35. The molecule has 2 N–H and O–H groups in total. The molecule has 1 amide bonds. The highest BCUT2D eigenvalue weighted by Crippen LogP contribution is 2.22. The average molecular weight is 288 g/mol. The number of hydrogen-bond acceptors (Lipinski definition) is 2. The van der Waals surface area contributed by atoms with Gasteiger partial charge in [0.2, 0.25) is 5.91 Å². The number of carbonyl (C=O) groups is 1. The van der Waals surface area contributed by atoms with Gasteiger partial charge in [-0.25, -0.2) is 0 Å². The number of anilines is 2. The maximum Gasteiger partial charge on any atom is 0.226 e. The van der Waals surface area contributed by atoms with E-state index in [1.165, 1.54) is 44.9 Å². The third kappa shape index (κ3) is 5.41. The molecule has 21 heavy (non-hydrogen) atoms. The van der Waals surface area contributed by atoms with Gasteiger partial charge in [-0.1, -0.05) is 46.0 Å². The normalized spacial score (nSPS) is 17.1. The van der Waals surface area contributed by atoms with Crippen molar-refractivity contribution in [3.05, 3.63) is 24.3 Å². The number of amides is 1. The Bertz CT molecular complexity index is 431. The molecule has 1 saturated carbocycles. The first kappa shape index (κ1) is 15.9. The Labute approximate surface area is 128 Å². The summed E-state index contributed by atoms with van der Waals surface area (Å²) in [5, 5.41) is 6.56. The third-order valence-corrected chi connectivity index (χ3v) is 4.15. The molecule has 1 fully saturated rings. The molecule has 1 aromatic carbocycles. The van der Waals surface area contributed by atoms with E-state index in [1.807, 2.05) is 26.0 Å². The molecule has 1 aromatic rings. The second kappa shape index (κ2) is 8.06. The molecular weight excluding hydrogens is 260 g/mol. The van der Waals surface area contributed by atoms with Crippen molar-refractivity contribution in [2.24, 2.45) is 5.92 Å². The Morgan fingerprint density at radius 3 is 2.05 bits per heavy atom. The molecule has 0 spiro atoms. The minimum Gasteiger partial charge on any atom is -0.382 e. The lowest BCUT2D eigenvalue weighted by Gasteiger charge is -2.22. The van der Waals surface area contributed by atoms with E-state index in [2.05, 4.69) is 22.8 Å². The lowest BCUT2D eigenvalue weighted by atomic mass is 9.96. The second-order valence-corrected chi connectivity index (χ2v) is 6.41. The lowest BCUT2D eigenvalue weighted by molar-refractivity contribution is -0.118. The van der Waals surface area contributed by atoms with Crippen LogP contribution in [-0.2, 0) is 4.79 Å². The van der Waals surface area contributed by atoms with Gasteiger partial charge < -0.3 is 10.6 Å². The van der Waals surface area contributed by atoms with E-state index in [0.29, 0.717) is 6.04 Å². The highest BCUT2D eigenvalue weighted by Gasteiger charge is 2.11. The zero-order chi connectivity index (χ0) is 15.1. The van der Waals surface area contributed by atoms with Crippen molar-refractivity contribution in [1.29, 1.82) is 0 Å². The van der Waals surface area contributed by atoms with Gasteiger partial charge >= 0.3 is 0 Å². The minimum absolute atomic E-state index is 0.0118. The Kier molecular flexibility index (Phi) is 6.09. The average Bonchev–Trinajstić information content (AvgIpc) is 2.43. The first-order valence-electron chi connectivity index (χ1n) is 8.32. The van der Waals surface area contributed by atoms with Crippen molar-refractivity contribution < 1.29 is 4.79 Å². The van der Waals surface area contributed by atoms with Crippen LogP contribution in [0.25, 0.3) is 0 Å². The number of nitrogens with one attached hydrogen (secondary N) is 2. The van der Waals surface area contributed by atoms with Gasteiger partial charge in [0.25, 0.3) is 0 Å². The molecule has 3 heteroatoms. The highest BCUT2D eigenvalue weighted by atomic mass is 16.1. The molecule has 1 aliphatic rings. The Morgan fingerprint density at radius 2 is 1.48 bits per heavy atom. The Hall–Kier alpha value is -1.51. The molecular formula is C18H28N2O. The molecule has 3 nitrogen and oxygen atoms in total. The quantitative estimate of drug-likeness (QED) is 0.835. The molecule has 116 valence electrons. The van der Waals surface area contributed by atoms with E-state index in [9.17, 15) is 4.79 Å². The summed E-state index contributed by atoms with van der Waals surface area (Å²) in [6.45, 7) is 3.81. The summed E-state index contributed by atoms with van der Waals surface area (Å²) in [5.41, 5.74) is 2.03. The minimum atomic E-state index is 0.0118. The molecule has 0 radical (unpaired) electrons. The smallest absolute Gasteiger partial charge is 0.226 e. The number of benzene rings is 1. The molecule has 0 bridgehead atoms. The predicted molar refractivity (Wildman–Crippen MR) is 89.6 cm³/mol. The second-order valence-electron chi connectivity index (χ2n) is 6.41. The fourth-order valence-electron chi connectivity index (χ4n) is 2.77. The molecule has 0 heterocycles. The monoisotopic (exact) mass is 288 g/mol. The van der Waals surface area contributed by atoms with E-state index in [4.69, 9.17) is 0 Å². The molecule has 0 aliphatic heterocycles. The zero-order valence-electron chi connectivity index (χ0n) is 13.3. The van der Waals surface area contributed by atoms with Crippen LogP contribution in [0, 0.1) is 5.92 Å². The van der Waals surface area contributed by atoms with Gasteiger partial charge in [-0.05, 0) is 37.1 Å². The van der Waals surface area contributed by atoms with E-state index in [1.54, 1.807) is 0 Å². The van der Waals surface area contributed by atoms with Gasteiger partial charge in [-0.2, -0.15) is 0 Å². The number of hydrogen-bond donors (Lipinski definition) is 2. The summed E-state index contributed by atoms with van der Waals surface area (Å²) in [5.74, 6) is 0.0773. The van der Waals surface area contributed by atoms with Gasteiger partial charge in [0.15, 0.2) is 0 Å². The standard InChI is InChI=1S/C18H28N2O/c1-14(2)18(21)20-17-12-10-16(11-13-17)19-15-8-6-4-3-5-7-9-15/h10-15,19H,3-9H2,1-2H3,(H,20,21). The van der Waals surface area contributed by atoms with E-state index < -0.39 is 0 Å². The molecule has 2 rings (SSSR count). The van der Waals surface area contributed by atoms with Crippen molar-refractivity contribution in [2.75, 3.05) is 10.6 Å². The topological polar surface area (TPSA) is 41.1 Å². The lowest BCUT2D eigenvalue weighted by Crippen LogP contribution is -2.20. The van der Waals surface area contributed by atoms with E-state index in [0.717, 1.165) is 11.4 Å². The third-order valence-electron chi connectivity index (χ3n) is 4.15. The number of rotatable bonds is 4. The first-order valence-corrected chi connectivity index (χ1v) is 8.32. The van der Waals surface area contributed by atoms with Crippen LogP contribution in [0.15, 0.2) is 24.3 Å². The molecule has 0 unspecified atom stereocenters. The van der Waals surface area contributed by atoms with Gasteiger partial charge in [-0.15, -0.1) is 0 Å². The first-order chi connectivity index (χ1) is 10.1. The van der Waals surface area contributed by atoms with E-state index >= 15 is 0 Å². The number of carbonyl (C=O) groups excluding carboxylic acids is 1. The van der Waals surface area contributed by atoms with E-state index in [-0.39, 0.29) is 11.8 Å². The van der Waals surface area contributed by atoms with Gasteiger partial charge in [-0.3, -0.25) is 4.79 Å². The molecule has 0 saturated heterocycles. The largest absolute Gasteiger partial charge is 0.382 e. The van der Waals surface area contributed by atoms with Crippen molar-refractivity contribution in [3.8, 4) is 0 Å². The van der Waals surface area contributed by atoms with Crippen molar-refractivity contribution in [3.63, 3.8) is 0 Å². The van der Waals surface area contributed by atoms with Crippen molar-refractivity contribution >= 4 is 17.3 Å². The maximum absolute atomic E-state index is 11.7. The zero-order valence-corrected chi connectivity index (χ0v) is 13.3. The molecule has 0 atom stereocenters. The van der Waals surface area contributed by atoms with Crippen LogP contribution in [0.4, 0.5) is 11.4 Å². The van der Waals surface area contributed by atoms with Crippen molar-refractivity contribution in [2.45, 2.75) is 64.8 Å². The van der Waals surface area contributed by atoms with Crippen LogP contribution in [0.3, 0.4) is 0 Å². The van der Waals surface area contributed by atoms with Crippen LogP contribution in [0.1, 0.15) is 58.8 Å². The van der Waals surface area contributed by atoms with Crippen LogP contribution in [0.2, 0.25) is 0 Å². The summed E-state index contributed by atoms with van der Waals surface area (Å²) in [6, 6.07) is 8.68. The molecule has 0 aromatic heterocycles. The SMILES string of the molecule is CC(C)C(=O)Nc1ccc(NC2CCCCCCC2)cc1. The summed E-state index contributed by atoms with van der Waals surface area (Å²) in [7, 11) is 0. The van der Waals surface area contributed by atoms with Crippen molar-refractivity contribution in [1.82, 2.24) is 0 Å². The summed E-state index contributed by atoms with van der Waals surface area (Å²) in [4.78, 5) is 11.7.